The molecule has 4 rings (SSSR count). The van der Waals surface area contributed by atoms with Crippen LogP contribution in [0.25, 0.3) is 0 Å². The largest absolute Gasteiger partial charge is 0.454 e. The summed E-state index contributed by atoms with van der Waals surface area (Å²) in [6.07, 6.45) is 1.31. The molecule has 0 saturated carbocycles. The van der Waals surface area contributed by atoms with E-state index in [1.165, 1.54) is 4.90 Å². The Hall–Kier alpha value is -2.54. The summed E-state index contributed by atoms with van der Waals surface area (Å²) in [7, 11) is 0. The van der Waals surface area contributed by atoms with Crippen LogP contribution in [0.2, 0.25) is 0 Å². The van der Waals surface area contributed by atoms with Gasteiger partial charge in [-0.15, -0.1) is 0 Å². The molecule has 27 heavy (non-hydrogen) atoms. The molecule has 2 aliphatic rings. The minimum atomic E-state index is -1.02. The maximum Gasteiger partial charge on any atom is 0.325 e. The van der Waals surface area contributed by atoms with E-state index in [9.17, 15) is 9.59 Å². The number of ether oxygens (including phenoxy) is 2. The van der Waals surface area contributed by atoms with E-state index in [2.05, 4.69) is 21.2 Å². The van der Waals surface area contributed by atoms with Crippen LogP contribution >= 0.6 is 15.9 Å². The van der Waals surface area contributed by atoms with Crippen LogP contribution in [-0.2, 0) is 16.9 Å². The Bertz CT molecular complexity index is 902. The molecule has 1 fully saturated rings. The van der Waals surface area contributed by atoms with Gasteiger partial charge in [0.15, 0.2) is 11.5 Å². The Morgan fingerprint density at radius 2 is 1.85 bits per heavy atom. The van der Waals surface area contributed by atoms with Crippen molar-refractivity contribution in [2.45, 2.75) is 31.8 Å². The maximum absolute atomic E-state index is 13.3. The van der Waals surface area contributed by atoms with Gasteiger partial charge >= 0.3 is 6.03 Å². The summed E-state index contributed by atoms with van der Waals surface area (Å²) >= 11 is 3.50. The molecule has 1 saturated heterocycles. The molecule has 0 aliphatic carbocycles. The standard InChI is InChI=1S/C20H19BrN2O4/c1-2-8-20(14-6-4-3-5-7-14)18(24)23(19(25)22-20)11-13-9-16-17(10-15(13)21)27-12-26-16/h3-7,9-10H,2,8,11-12H2,1H3,(H,22,25)/t20-/m1/s1. The van der Waals surface area contributed by atoms with Crippen molar-refractivity contribution < 1.29 is 19.1 Å². The monoisotopic (exact) mass is 430 g/mol. The second kappa shape index (κ2) is 6.88. The summed E-state index contributed by atoms with van der Waals surface area (Å²) < 4.78 is 11.5. The van der Waals surface area contributed by atoms with Gasteiger partial charge in [0.1, 0.15) is 5.54 Å². The molecule has 0 unspecified atom stereocenters. The van der Waals surface area contributed by atoms with Crippen molar-refractivity contribution in [3.63, 3.8) is 0 Å². The minimum Gasteiger partial charge on any atom is -0.454 e. The molecule has 2 aromatic carbocycles. The summed E-state index contributed by atoms with van der Waals surface area (Å²) in [6.45, 7) is 2.32. The first-order valence-corrected chi connectivity index (χ1v) is 9.62. The highest BCUT2D eigenvalue weighted by molar-refractivity contribution is 9.10. The SMILES string of the molecule is CCC[C@]1(c2ccccc2)NC(=O)N(Cc2cc3c(cc2Br)OCO3)C1=O. The molecule has 0 radical (unpaired) electrons. The van der Waals surface area contributed by atoms with Crippen LogP contribution in [0, 0.1) is 0 Å². The van der Waals surface area contributed by atoms with Crippen molar-refractivity contribution in [3.8, 4) is 11.5 Å². The quantitative estimate of drug-likeness (QED) is 0.729. The molecule has 2 aromatic rings. The Balaban J connectivity index is 1.67. The fourth-order valence-electron chi connectivity index (χ4n) is 3.63. The molecular weight excluding hydrogens is 412 g/mol. The van der Waals surface area contributed by atoms with E-state index >= 15 is 0 Å². The molecule has 1 atom stereocenters. The number of nitrogens with zero attached hydrogens (tertiary/aromatic N) is 1. The highest BCUT2D eigenvalue weighted by Crippen LogP contribution is 2.39. The lowest BCUT2D eigenvalue weighted by atomic mass is 9.85. The number of rotatable bonds is 5. The molecule has 140 valence electrons. The second-order valence-electron chi connectivity index (χ2n) is 6.64. The van der Waals surface area contributed by atoms with E-state index < -0.39 is 5.54 Å². The van der Waals surface area contributed by atoms with Gasteiger partial charge in [0.2, 0.25) is 6.79 Å². The number of halogens is 1. The van der Waals surface area contributed by atoms with Crippen molar-refractivity contribution in [3.05, 3.63) is 58.1 Å². The summed E-state index contributed by atoms with van der Waals surface area (Å²) in [5.74, 6) is 1.03. The van der Waals surface area contributed by atoms with E-state index in [0.717, 1.165) is 22.0 Å². The Morgan fingerprint density at radius 3 is 2.56 bits per heavy atom. The number of hydrogen-bond donors (Lipinski definition) is 1. The molecule has 0 spiro atoms. The van der Waals surface area contributed by atoms with Gasteiger partial charge in [-0.3, -0.25) is 9.69 Å². The lowest BCUT2D eigenvalue weighted by molar-refractivity contribution is -0.132. The van der Waals surface area contributed by atoms with Crippen LogP contribution in [0.4, 0.5) is 4.79 Å². The van der Waals surface area contributed by atoms with E-state index in [1.807, 2.05) is 37.3 Å². The third kappa shape index (κ3) is 2.96. The number of carbonyl (C=O) groups excluding carboxylic acids is 2. The van der Waals surface area contributed by atoms with Crippen molar-refractivity contribution in [1.82, 2.24) is 10.2 Å². The smallest absolute Gasteiger partial charge is 0.325 e. The average Bonchev–Trinajstić information content (AvgIpc) is 3.21. The third-order valence-corrected chi connectivity index (χ3v) is 5.68. The number of amides is 3. The number of imide groups is 1. The minimum absolute atomic E-state index is 0.153. The fourth-order valence-corrected chi connectivity index (χ4v) is 4.08. The van der Waals surface area contributed by atoms with E-state index in [-0.39, 0.29) is 25.3 Å². The first-order valence-electron chi connectivity index (χ1n) is 8.83. The summed E-state index contributed by atoms with van der Waals surface area (Å²) in [4.78, 5) is 27.3. The van der Waals surface area contributed by atoms with Gasteiger partial charge < -0.3 is 14.8 Å². The van der Waals surface area contributed by atoms with Crippen LogP contribution in [0.15, 0.2) is 46.9 Å². The Kier molecular flexibility index (Phi) is 4.55. The van der Waals surface area contributed by atoms with Crippen LogP contribution in [-0.4, -0.2) is 23.6 Å². The topological polar surface area (TPSA) is 67.9 Å². The summed E-state index contributed by atoms with van der Waals surface area (Å²) in [6, 6.07) is 12.6. The maximum atomic E-state index is 13.3. The molecule has 7 heteroatoms. The zero-order chi connectivity index (χ0) is 19.0. The Morgan fingerprint density at radius 1 is 1.15 bits per heavy atom. The third-order valence-electron chi connectivity index (χ3n) is 4.94. The van der Waals surface area contributed by atoms with Gasteiger partial charge in [-0.25, -0.2) is 4.79 Å². The van der Waals surface area contributed by atoms with Gasteiger partial charge in [0, 0.05) is 4.47 Å². The van der Waals surface area contributed by atoms with Crippen LogP contribution in [0.5, 0.6) is 11.5 Å². The van der Waals surface area contributed by atoms with Gasteiger partial charge in [-0.1, -0.05) is 59.6 Å². The summed E-state index contributed by atoms with van der Waals surface area (Å²) in [5.41, 5.74) is 0.566. The predicted octanol–water partition coefficient (Wildman–Crippen LogP) is 3.93. The van der Waals surface area contributed by atoms with Crippen LogP contribution in [0.1, 0.15) is 30.9 Å². The summed E-state index contributed by atoms with van der Waals surface area (Å²) in [5, 5.41) is 2.94. The zero-order valence-electron chi connectivity index (χ0n) is 14.8. The highest BCUT2D eigenvalue weighted by Gasteiger charge is 2.51. The number of hydrogen-bond acceptors (Lipinski definition) is 4. The molecular formula is C20H19BrN2O4. The first-order chi connectivity index (χ1) is 13.0. The van der Waals surface area contributed by atoms with Gasteiger partial charge in [-0.05, 0) is 29.7 Å². The molecule has 2 aliphatic heterocycles. The van der Waals surface area contributed by atoms with Gasteiger partial charge in [-0.2, -0.15) is 0 Å². The predicted molar refractivity (Wildman–Crippen MR) is 102 cm³/mol. The zero-order valence-corrected chi connectivity index (χ0v) is 16.4. The van der Waals surface area contributed by atoms with Crippen molar-refractivity contribution in [1.29, 1.82) is 0 Å². The van der Waals surface area contributed by atoms with Gasteiger partial charge in [0.25, 0.3) is 5.91 Å². The number of carbonyl (C=O) groups is 2. The van der Waals surface area contributed by atoms with E-state index in [0.29, 0.717) is 17.9 Å². The van der Waals surface area contributed by atoms with Crippen LogP contribution in [0.3, 0.4) is 0 Å². The molecule has 1 N–H and O–H groups in total. The van der Waals surface area contributed by atoms with Crippen molar-refractivity contribution in [2.24, 2.45) is 0 Å². The lowest BCUT2D eigenvalue weighted by Crippen LogP contribution is -2.43. The molecule has 0 bridgehead atoms. The molecule has 3 amide bonds. The Labute approximate surface area is 165 Å². The molecule has 2 heterocycles. The number of fused-ring (bicyclic) bond motifs is 1. The lowest BCUT2D eigenvalue weighted by Gasteiger charge is -2.27. The molecule has 0 aromatic heterocycles. The average molecular weight is 431 g/mol. The van der Waals surface area contributed by atoms with Gasteiger partial charge in [0.05, 0.1) is 6.54 Å². The van der Waals surface area contributed by atoms with Crippen molar-refractivity contribution in [2.75, 3.05) is 6.79 Å². The molecule has 6 nitrogen and oxygen atoms in total. The number of benzene rings is 2. The highest BCUT2D eigenvalue weighted by atomic mass is 79.9. The van der Waals surface area contributed by atoms with E-state index in [4.69, 9.17) is 9.47 Å². The fraction of sp³-hybridized carbons (Fsp3) is 0.300. The van der Waals surface area contributed by atoms with Crippen molar-refractivity contribution >= 4 is 27.9 Å². The second-order valence-corrected chi connectivity index (χ2v) is 7.49. The van der Waals surface area contributed by atoms with E-state index in [1.54, 1.807) is 12.1 Å². The first kappa shape index (κ1) is 17.9. The normalized spacial score (nSPS) is 20.9. The number of nitrogens with one attached hydrogen (secondary N) is 1. The van der Waals surface area contributed by atoms with Crippen LogP contribution < -0.4 is 14.8 Å². The number of urea groups is 1.